The normalized spacial score (nSPS) is 19.2. The van der Waals surface area contributed by atoms with Crippen LogP contribution in [0.15, 0.2) is 18.2 Å². The Morgan fingerprint density at radius 3 is 3.00 bits per heavy atom. The Bertz CT molecular complexity index is 462. The number of nitrogens with zero attached hydrogens (tertiary/aromatic N) is 1. The second-order valence-electron chi connectivity index (χ2n) is 4.51. The zero-order valence-corrected chi connectivity index (χ0v) is 10.7. The smallest absolute Gasteiger partial charge is 0.256 e. The molecule has 1 amide bonds. The van der Waals surface area contributed by atoms with Gasteiger partial charge in [-0.05, 0) is 18.2 Å². The van der Waals surface area contributed by atoms with Crippen molar-refractivity contribution < 1.29 is 18.3 Å². The van der Waals surface area contributed by atoms with Crippen LogP contribution in [0.3, 0.4) is 0 Å². The highest BCUT2D eigenvalue weighted by Crippen LogP contribution is 2.12. The summed E-state index contributed by atoms with van der Waals surface area (Å²) >= 11 is 0. The van der Waals surface area contributed by atoms with E-state index in [0.29, 0.717) is 19.7 Å². The number of hydrogen-bond donors (Lipinski definition) is 1. The van der Waals surface area contributed by atoms with Crippen LogP contribution in [-0.2, 0) is 4.74 Å². The maximum atomic E-state index is 13.5. The number of amides is 1. The van der Waals surface area contributed by atoms with Crippen LogP contribution in [0.4, 0.5) is 8.78 Å². The minimum Gasteiger partial charge on any atom is -0.374 e. The van der Waals surface area contributed by atoms with Crippen molar-refractivity contribution in [1.29, 1.82) is 0 Å². The van der Waals surface area contributed by atoms with Crippen molar-refractivity contribution in [3.8, 4) is 0 Å². The molecule has 19 heavy (non-hydrogen) atoms. The van der Waals surface area contributed by atoms with Crippen molar-refractivity contribution in [2.24, 2.45) is 0 Å². The maximum Gasteiger partial charge on any atom is 0.256 e. The van der Waals surface area contributed by atoms with Crippen LogP contribution in [0.2, 0.25) is 0 Å². The molecule has 1 saturated heterocycles. The Kier molecular flexibility index (Phi) is 4.44. The summed E-state index contributed by atoms with van der Waals surface area (Å²) in [5.41, 5.74) is -0.258. The number of carbonyl (C=O) groups is 1. The Labute approximate surface area is 110 Å². The van der Waals surface area contributed by atoms with Gasteiger partial charge in [-0.2, -0.15) is 0 Å². The molecule has 4 nitrogen and oxygen atoms in total. The first kappa shape index (κ1) is 13.9. The zero-order valence-electron chi connectivity index (χ0n) is 10.7. The number of rotatable bonds is 3. The van der Waals surface area contributed by atoms with Gasteiger partial charge in [-0.25, -0.2) is 8.78 Å². The van der Waals surface area contributed by atoms with Crippen molar-refractivity contribution in [2.75, 3.05) is 33.3 Å². The van der Waals surface area contributed by atoms with Gasteiger partial charge in [0.15, 0.2) is 0 Å². The second kappa shape index (κ2) is 6.08. The molecule has 1 aromatic carbocycles. The summed E-state index contributed by atoms with van der Waals surface area (Å²) in [5.74, 6) is -1.90. The first-order chi connectivity index (χ1) is 9.08. The van der Waals surface area contributed by atoms with Crippen LogP contribution in [-0.4, -0.2) is 50.2 Å². The number of nitrogens with one attached hydrogen (secondary N) is 1. The molecule has 0 aliphatic carbocycles. The molecule has 0 saturated carbocycles. The van der Waals surface area contributed by atoms with E-state index >= 15 is 0 Å². The van der Waals surface area contributed by atoms with Gasteiger partial charge in [-0.15, -0.1) is 0 Å². The first-order valence-electron chi connectivity index (χ1n) is 6.11. The molecule has 1 fully saturated rings. The highest BCUT2D eigenvalue weighted by atomic mass is 19.1. The van der Waals surface area contributed by atoms with Gasteiger partial charge in [0, 0.05) is 26.7 Å². The van der Waals surface area contributed by atoms with E-state index in [0.717, 1.165) is 24.7 Å². The largest absolute Gasteiger partial charge is 0.374 e. The molecule has 6 heteroatoms. The molecule has 1 N–H and O–H groups in total. The van der Waals surface area contributed by atoms with Crippen LogP contribution in [0.1, 0.15) is 10.4 Å². The van der Waals surface area contributed by atoms with Crippen LogP contribution in [0.5, 0.6) is 0 Å². The van der Waals surface area contributed by atoms with Crippen LogP contribution < -0.4 is 5.32 Å². The van der Waals surface area contributed by atoms with Crippen LogP contribution in [0, 0.1) is 11.6 Å². The molecule has 104 valence electrons. The molecule has 2 rings (SSSR count). The lowest BCUT2D eigenvalue weighted by Crippen LogP contribution is -2.45. The van der Waals surface area contributed by atoms with Gasteiger partial charge in [0.05, 0.1) is 18.3 Å². The standard InChI is InChI=1S/C13H16F2N2O2/c1-17(8-10-7-16-4-5-19-10)13(18)11-6-9(14)2-3-12(11)15/h2-3,6,10,16H,4-5,7-8H2,1H3. The second-order valence-corrected chi connectivity index (χ2v) is 4.51. The first-order valence-corrected chi connectivity index (χ1v) is 6.11. The molecular weight excluding hydrogens is 254 g/mol. The van der Waals surface area contributed by atoms with Gasteiger partial charge in [0.25, 0.3) is 5.91 Å². The van der Waals surface area contributed by atoms with Gasteiger partial charge in [0.2, 0.25) is 0 Å². The van der Waals surface area contributed by atoms with Crippen LogP contribution >= 0.6 is 0 Å². The summed E-state index contributed by atoms with van der Waals surface area (Å²) in [6.07, 6.45) is -0.126. The molecule has 0 aromatic heterocycles. The van der Waals surface area contributed by atoms with E-state index in [1.807, 2.05) is 0 Å². The van der Waals surface area contributed by atoms with Gasteiger partial charge >= 0.3 is 0 Å². The molecule has 0 spiro atoms. The third-order valence-corrected chi connectivity index (χ3v) is 2.99. The summed E-state index contributed by atoms with van der Waals surface area (Å²) in [7, 11) is 1.55. The number of hydrogen-bond acceptors (Lipinski definition) is 3. The Hall–Kier alpha value is -1.53. The summed E-state index contributed by atoms with van der Waals surface area (Å²) in [5, 5.41) is 3.14. The van der Waals surface area contributed by atoms with E-state index in [1.54, 1.807) is 7.05 Å². The van der Waals surface area contributed by atoms with Crippen molar-refractivity contribution in [3.63, 3.8) is 0 Å². The van der Waals surface area contributed by atoms with E-state index in [4.69, 9.17) is 4.74 Å². The van der Waals surface area contributed by atoms with Crippen LogP contribution in [0.25, 0.3) is 0 Å². The molecule has 1 heterocycles. The lowest BCUT2D eigenvalue weighted by atomic mass is 10.1. The molecule has 0 bridgehead atoms. The highest BCUT2D eigenvalue weighted by Gasteiger charge is 2.21. The van der Waals surface area contributed by atoms with Gasteiger partial charge in [0.1, 0.15) is 11.6 Å². The van der Waals surface area contributed by atoms with E-state index in [9.17, 15) is 13.6 Å². The predicted octanol–water partition coefficient (Wildman–Crippen LogP) is 1.03. The zero-order chi connectivity index (χ0) is 13.8. The third kappa shape index (κ3) is 3.48. The minimum absolute atomic E-state index is 0.126. The van der Waals surface area contributed by atoms with Gasteiger partial charge < -0.3 is 15.0 Å². The monoisotopic (exact) mass is 270 g/mol. The lowest BCUT2D eigenvalue weighted by Gasteiger charge is -2.28. The number of ether oxygens (including phenoxy) is 1. The fraction of sp³-hybridized carbons (Fsp3) is 0.462. The number of likely N-dealkylation sites (N-methyl/N-ethyl adjacent to an activating group) is 1. The molecule has 0 radical (unpaired) electrons. The fourth-order valence-corrected chi connectivity index (χ4v) is 1.99. The predicted molar refractivity (Wildman–Crippen MR) is 65.9 cm³/mol. The fourth-order valence-electron chi connectivity index (χ4n) is 1.99. The highest BCUT2D eigenvalue weighted by molar-refractivity contribution is 5.94. The summed E-state index contributed by atoms with van der Waals surface area (Å²) in [6.45, 7) is 2.35. The van der Waals surface area contributed by atoms with Gasteiger partial charge in [-0.1, -0.05) is 0 Å². The van der Waals surface area contributed by atoms with E-state index < -0.39 is 17.5 Å². The van der Waals surface area contributed by atoms with Crippen molar-refractivity contribution >= 4 is 5.91 Å². The number of benzene rings is 1. The average Bonchev–Trinajstić information content (AvgIpc) is 2.42. The molecule has 1 aromatic rings. The lowest BCUT2D eigenvalue weighted by molar-refractivity contribution is 0.0103. The summed E-state index contributed by atoms with van der Waals surface area (Å²) in [4.78, 5) is 13.4. The molecule has 1 aliphatic heterocycles. The topological polar surface area (TPSA) is 41.6 Å². The Morgan fingerprint density at radius 1 is 1.53 bits per heavy atom. The Morgan fingerprint density at radius 2 is 2.32 bits per heavy atom. The van der Waals surface area contributed by atoms with E-state index in [-0.39, 0.29) is 11.7 Å². The Balaban J connectivity index is 2.03. The van der Waals surface area contributed by atoms with Crippen molar-refractivity contribution in [3.05, 3.63) is 35.4 Å². The SMILES string of the molecule is CN(CC1CNCCO1)C(=O)c1cc(F)ccc1F. The average molecular weight is 270 g/mol. The molecule has 1 unspecified atom stereocenters. The summed E-state index contributed by atoms with van der Waals surface area (Å²) in [6, 6.07) is 2.85. The molecule has 1 aliphatic rings. The number of halogens is 2. The summed E-state index contributed by atoms with van der Waals surface area (Å²) < 4.78 is 32.0. The number of morpholine rings is 1. The van der Waals surface area contributed by atoms with Gasteiger partial charge in [-0.3, -0.25) is 4.79 Å². The number of carbonyl (C=O) groups excluding carboxylic acids is 1. The van der Waals surface area contributed by atoms with E-state index in [1.165, 1.54) is 4.90 Å². The minimum atomic E-state index is -0.721. The van der Waals surface area contributed by atoms with Crippen molar-refractivity contribution in [1.82, 2.24) is 10.2 Å². The molecule has 1 atom stereocenters. The maximum absolute atomic E-state index is 13.5. The quantitative estimate of drug-likeness (QED) is 0.892. The molecular formula is C13H16F2N2O2. The van der Waals surface area contributed by atoms with E-state index in [2.05, 4.69) is 5.32 Å². The van der Waals surface area contributed by atoms with Crippen molar-refractivity contribution in [2.45, 2.75) is 6.10 Å². The third-order valence-electron chi connectivity index (χ3n) is 2.99.